The normalized spacial score (nSPS) is 18.4. The van der Waals surface area contributed by atoms with Crippen LogP contribution in [0.2, 0.25) is 0 Å². The number of hydrogen-bond donors (Lipinski definition) is 2. The number of nitrogens with zero attached hydrogens (tertiary/aromatic N) is 4. The lowest BCUT2D eigenvalue weighted by molar-refractivity contribution is -0.0230. The third-order valence-corrected chi connectivity index (χ3v) is 7.64. The van der Waals surface area contributed by atoms with E-state index < -0.39 is 5.60 Å². The van der Waals surface area contributed by atoms with E-state index in [1.165, 1.54) is 0 Å². The number of aromatic amines is 1. The van der Waals surface area contributed by atoms with E-state index >= 15 is 0 Å². The summed E-state index contributed by atoms with van der Waals surface area (Å²) in [5.41, 5.74) is 3.60. The molecule has 37 heavy (non-hydrogen) atoms. The van der Waals surface area contributed by atoms with Crippen LogP contribution in [-0.4, -0.2) is 56.7 Å². The molecule has 0 unspecified atom stereocenters. The Labute approximate surface area is 215 Å². The van der Waals surface area contributed by atoms with Crippen LogP contribution in [0, 0.1) is 5.92 Å². The molecule has 1 atom stereocenters. The van der Waals surface area contributed by atoms with Gasteiger partial charge < -0.3 is 14.8 Å². The molecule has 0 amide bonds. The highest BCUT2D eigenvalue weighted by Gasteiger charge is 2.49. The van der Waals surface area contributed by atoms with Crippen molar-refractivity contribution in [1.29, 1.82) is 0 Å². The summed E-state index contributed by atoms with van der Waals surface area (Å²) in [4.78, 5) is 19.3. The van der Waals surface area contributed by atoms with Gasteiger partial charge in [0.2, 0.25) is 0 Å². The highest BCUT2D eigenvalue weighted by Crippen LogP contribution is 2.44. The number of Topliss-reactive ketones (excluding diaryl/α,β-unsaturated/α-hetero) is 1. The molecule has 9 nitrogen and oxygen atoms in total. The van der Waals surface area contributed by atoms with Gasteiger partial charge in [-0.15, -0.1) is 5.10 Å². The van der Waals surface area contributed by atoms with Crippen molar-refractivity contribution in [2.24, 2.45) is 5.92 Å². The highest BCUT2D eigenvalue weighted by atomic mass is 16.5. The number of para-hydroxylation sites is 1. The van der Waals surface area contributed by atoms with E-state index in [0.717, 1.165) is 65.7 Å². The largest absolute Gasteiger partial charge is 0.493 e. The summed E-state index contributed by atoms with van der Waals surface area (Å²) in [5.74, 6) is 1.71. The molecule has 6 rings (SSSR count). The Morgan fingerprint density at radius 3 is 2.78 bits per heavy atom. The SMILES string of the molecule is CCOc1cc(C(=O)[C@@H]2Cc3cc(-c4nnn[nH]4)ccc3OC23CCNCC3)nc2c(CC)cccc12. The van der Waals surface area contributed by atoms with Crippen molar-refractivity contribution in [2.45, 2.75) is 45.1 Å². The minimum atomic E-state index is -0.586. The molecule has 2 aliphatic rings. The monoisotopic (exact) mass is 498 g/mol. The first-order valence-electron chi connectivity index (χ1n) is 13.0. The second-order valence-electron chi connectivity index (χ2n) is 9.72. The fourth-order valence-electron chi connectivity index (χ4n) is 5.74. The molecule has 2 aromatic carbocycles. The molecule has 9 heteroatoms. The summed E-state index contributed by atoms with van der Waals surface area (Å²) in [6, 6.07) is 13.8. The van der Waals surface area contributed by atoms with Gasteiger partial charge in [-0.05, 0) is 78.7 Å². The number of H-pyrrole nitrogens is 1. The van der Waals surface area contributed by atoms with Crippen LogP contribution in [0.4, 0.5) is 0 Å². The number of carbonyl (C=O) groups excluding carboxylic acids is 1. The van der Waals surface area contributed by atoms with E-state index in [1.54, 1.807) is 0 Å². The highest BCUT2D eigenvalue weighted by molar-refractivity contribution is 6.01. The van der Waals surface area contributed by atoms with Crippen LogP contribution in [0.1, 0.15) is 48.3 Å². The number of carbonyl (C=O) groups is 1. The van der Waals surface area contributed by atoms with Gasteiger partial charge in [0.05, 0.1) is 18.0 Å². The lowest BCUT2D eigenvalue weighted by Crippen LogP contribution is -2.56. The van der Waals surface area contributed by atoms with Gasteiger partial charge in [0.25, 0.3) is 0 Å². The Morgan fingerprint density at radius 1 is 1.16 bits per heavy atom. The number of tetrazole rings is 1. The number of pyridine rings is 1. The van der Waals surface area contributed by atoms with Crippen molar-refractivity contribution in [2.75, 3.05) is 19.7 Å². The van der Waals surface area contributed by atoms with Crippen molar-refractivity contribution in [1.82, 2.24) is 30.9 Å². The summed E-state index contributed by atoms with van der Waals surface area (Å²) in [7, 11) is 0. The standard InChI is InChI=1S/C28H30N6O3/c1-3-17-6-5-7-20-24(36-4-2)16-22(30-25(17)20)26(35)21-15-19-14-18(27-31-33-34-32-27)8-9-23(19)37-28(21)10-12-29-13-11-28/h5-9,14,16,21,29H,3-4,10-13,15H2,1-2H3,(H,31,32,33,34)/t21-/m0/s1. The average molecular weight is 499 g/mol. The lowest BCUT2D eigenvalue weighted by Gasteiger charge is -2.46. The molecule has 190 valence electrons. The number of ketones is 1. The molecule has 2 N–H and O–H groups in total. The van der Waals surface area contributed by atoms with Gasteiger partial charge in [-0.2, -0.15) is 0 Å². The summed E-state index contributed by atoms with van der Waals surface area (Å²) in [6.45, 7) is 6.17. The van der Waals surface area contributed by atoms with Crippen molar-refractivity contribution < 1.29 is 14.3 Å². The number of rotatable bonds is 6. The van der Waals surface area contributed by atoms with Crippen LogP contribution in [0.3, 0.4) is 0 Å². The van der Waals surface area contributed by atoms with Crippen molar-refractivity contribution in [3.05, 3.63) is 59.3 Å². The third kappa shape index (κ3) is 4.13. The summed E-state index contributed by atoms with van der Waals surface area (Å²) in [6.07, 6.45) is 2.89. The van der Waals surface area contributed by atoms with E-state index in [2.05, 4.69) is 38.9 Å². The molecule has 0 bridgehead atoms. The molecule has 1 spiro atoms. The van der Waals surface area contributed by atoms with Crippen molar-refractivity contribution >= 4 is 16.7 Å². The fourth-order valence-corrected chi connectivity index (χ4v) is 5.74. The molecule has 1 saturated heterocycles. The summed E-state index contributed by atoms with van der Waals surface area (Å²) in [5, 5.41) is 18.6. The molecular weight excluding hydrogens is 468 g/mol. The summed E-state index contributed by atoms with van der Waals surface area (Å²) >= 11 is 0. The minimum Gasteiger partial charge on any atom is -0.493 e. The lowest BCUT2D eigenvalue weighted by atomic mass is 9.71. The van der Waals surface area contributed by atoms with Gasteiger partial charge in [0, 0.05) is 29.9 Å². The molecule has 2 aromatic heterocycles. The number of piperidine rings is 1. The maximum atomic E-state index is 14.3. The molecule has 4 heterocycles. The van der Waals surface area contributed by atoms with E-state index in [-0.39, 0.29) is 11.7 Å². The average Bonchev–Trinajstić information content (AvgIpc) is 3.47. The molecule has 0 radical (unpaired) electrons. The number of benzene rings is 2. The molecule has 4 aromatic rings. The van der Waals surface area contributed by atoms with Gasteiger partial charge in [-0.25, -0.2) is 10.1 Å². The van der Waals surface area contributed by atoms with Crippen LogP contribution in [0.15, 0.2) is 42.5 Å². The number of nitrogens with one attached hydrogen (secondary N) is 2. The van der Waals surface area contributed by atoms with Crippen LogP contribution in [0.25, 0.3) is 22.3 Å². The zero-order valence-electron chi connectivity index (χ0n) is 21.1. The molecule has 0 saturated carbocycles. The Morgan fingerprint density at radius 2 is 2.03 bits per heavy atom. The Bertz CT molecular complexity index is 1450. The van der Waals surface area contributed by atoms with Gasteiger partial charge >= 0.3 is 0 Å². The summed E-state index contributed by atoms with van der Waals surface area (Å²) < 4.78 is 12.7. The predicted octanol–water partition coefficient (Wildman–Crippen LogP) is 3.93. The molecular formula is C28H30N6O3. The van der Waals surface area contributed by atoms with E-state index in [1.807, 2.05) is 43.3 Å². The molecule has 2 aliphatic heterocycles. The molecule has 1 fully saturated rings. The topological polar surface area (TPSA) is 115 Å². The zero-order valence-corrected chi connectivity index (χ0v) is 21.1. The van der Waals surface area contributed by atoms with Gasteiger partial charge in [-0.3, -0.25) is 4.79 Å². The van der Waals surface area contributed by atoms with Gasteiger partial charge in [-0.1, -0.05) is 19.1 Å². The minimum absolute atomic E-state index is 0.00644. The molecule has 0 aliphatic carbocycles. The van der Waals surface area contributed by atoms with Crippen LogP contribution < -0.4 is 14.8 Å². The number of ether oxygens (including phenoxy) is 2. The van der Waals surface area contributed by atoms with Gasteiger partial charge in [0.1, 0.15) is 22.8 Å². The second-order valence-corrected chi connectivity index (χ2v) is 9.72. The number of aryl methyl sites for hydroxylation is 1. The van der Waals surface area contributed by atoms with Crippen molar-refractivity contribution in [3.63, 3.8) is 0 Å². The maximum absolute atomic E-state index is 14.3. The fraction of sp³-hybridized carbons (Fsp3) is 0.393. The third-order valence-electron chi connectivity index (χ3n) is 7.64. The first-order chi connectivity index (χ1) is 18.1. The smallest absolute Gasteiger partial charge is 0.188 e. The second kappa shape index (κ2) is 9.55. The Hall–Kier alpha value is -3.85. The Kier molecular flexibility index (Phi) is 6.08. The number of aromatic nitrogens is 5. The first kappa shape index (κ1) is 23.5. The quantitative estimate of drug-likeness (QED) is 0.384. The number of fused-ring (bicyclic) bond motifs is 2. The van der Waals surface area contributed by atoms with E-state index in [4.69, 9.17) is 14.5 Å². The van der Waals surface area contributed by atoms with Crippen LogP contribution in [0.5, 0.6) is 11.5 Å². The van der Waals surface area contributed by atoms with E-state index in [9.17, 15) is 4.79 Å². The van der Waals surface area contributed by atoms with Crippen molar-refractivity contribution in [3.8, 4) is 22.9 Å². The first-order valence-corrected chi connectivity index (χ1v) is 13.0. The Balaban J connectivity index is 1.45. The van der Waals surface area contributed by atoms with Crippen LogP contribution in [-0.2, 0) is 12.8 Å². The van der Waals surface area contributed by atoms with E-state index in [0.29, 0.717) is 30.3 Å². The number of hydrogen-bond acceptors (Lipinski definition) is 8. The zero-order chi connectivity index (χ0) is 25.4. The maximum Gasteiger partial charge on any atom is 0.188 e. The van der Waals surface area contributed by atoms with Crippen LogP contribution >= 0.6 is 0 Å². The van der Waals surface area contributed by atoms with Gasteiger partial charge in [0.15, 0.2) is 11.6 Å². The predicted molar refractivity (Wildman–Crippen MR) is 139 cm³/mol.